The van der Waals surface area contributed by atoms with Crippen molar-refractivity contribution >= 4 is 40.7 Å². The van der Waals surface area contributed by atoms with Crippen LogP contribution >= 0.6 is 23.2 Å². The zero-order valence-corrected chi connectivity index (χ0v) is 16.8. The molecule has 2 amide bonds. The fraction of sp³-hybridized carbons (Fsp3) is 0.300. The number of hydrogen-bond acceptors (Lipinski definition) is 3. The molecule has 0 saturated carbocycles. The number of nitrogens with one attached hydrogen (secondary N) is 1. The van der Waals surface area contributed by atoms with Crippen molar-refractivity contribution in [3.8, 4) is 0 Å². The van der Waals surface area contributed by atoms with Crippen molar-refractivity contribution in [3.63, 3.8) is 0 Å². The molecule has 2 N–H and O–H groups in total. The molecule has 0 radical (unpaired) electrons. The van der Waals surface area contributed by atoms with Crippen LogP contribution in [0.2, 0.25) is 10.0 Å². The van der Waals surface area contributed by atoms with Gasteiger partial charge in [0.05, 0.1) is 39.5 Å². The van der Waals surface area contributed by atoms with Gasteiger partial charge in [-0.2, -0.15) is 0 Å². The number of aliphatic hydroxyl groups excluding tert-OH is 1. The van der Waals surface area contributed by atoms with Gasteiger partial charge < -0.3 is 15.3 Å². The van der Waals surface area contributed by atoms with Crippen LogP contribution in [-0.2, 0) is 6.54 Å². The molecular weight excluding hydrogens is 406 g/mol. The Labute approximate surface area is 172 Å². The molecule has 8 heteroatoms. The first-order valence-corrected chi connectivity index (χ1v) is 9.50. The lowest BCUT2D eigenvalue weighted by atomic mass is 10.0. The highest BCUT2D eigenvalue weighted by Crippen LogP contribution is 2.33. The van der Waals surface area contributed by atoms with Crippen LogP contribution in [-0.4, -0.2) is 34.5 Å². The lowest BCUT2D eigenvalue weighted by Crippen LogP contribution is -2.41. The van der Waals surface area contributed by atoms with Gasteiger partial charge in [0.2, 0.25) is 0 Å². The first-order valence-electron chi connectivity index (χ1n) is 8.74. The molecule has 0 aliphatic carbocycles. The highest BCUT2D eigenvalue weighted by molar-refractivity contribution is 6.40. The summed E-state index contributed by atoms with van der Waals surface area (Å²) in [6, 6.07) is 7.07. The molecule has 1 aliphatic rings. The number of anilines is 1. The van der Waals surface area contributed by atoms with E-state index < -0.39 is 11.7 Å². The third-order valence-electron chi connectivity index (χ3n) is 4.84. The van der Waals surface area contributed by atoms with Gasteiger partial charge in [0.1, 0.15) is 5.82 Å². The quantitative estimate of drug-likeness (QED) is 0.700. The van der Waals surface area contributed by atoms with Crippen LogP contribution in [0.4, 0.5) is 10.1 Å². The summed E-state index contributed by atoms with van der Waals surface area (Å²) in [4.78, 5) is 27.3. The molecule has 0 saturated heterocycles. The van der Waals surface area contributed by atoms with Gasteiger partial charge in [-0.05, 0) is 29.7 Å². The summed E-state index contributed by atoms with van der Waals surface area (Å²) in [5.41, 5.74) is 1.17. The van der Waals surface area contributed by atoms with E-state index in [4.69, 9.17) is 23.2 Å². The molecule has 2 aromatic rings. The van der Waals surface area contributed by atoms with Crippen molar-refractivity contribution in [2.75, 3.05) is 11.9 Å². The van der Waals surface area contributed by atoms with Crippen LogP contribution in [0.15, 0.2) is 30.3 Å². The zero-order chi connectivity index (χ0) is 20.6. The number of nitrogens with zero attached hydrogens (tertiary/aromatic N) is 1. The van der Waals surface area contributed by atoms with Crippen LogP contribution < -0.4 is 5.32 Å². The van der Waals surface area contributed by atoms with E-state index >= 15 is 0 Å². The molecule has 1 aliphatic heterocycles. The monoisotopic (exact) mass is 424 g/mol. The molecule has 0 fully saturated rings. The molecular formula is C20H19Cl2FN2O3. The summed E-state index contributed by atoms with van der Waals surface area (Å²) in [6.45, 7) is 4.03. The van der Waals surface area contributed by atoms with Crippen molar-refractivity contribution in [1.29, 1.82) is 0 Å². The maximum absolute atomic E-state index is 13.7. The molecule has 0 unspecified atom stereocenters. The Balaban J connectivity index is 1.94. The third kappa shape index (κ3) is 3.60. The van der Waals surface area contributed by atoms with Gasteiger partial charge in [0, 0.05) is 6.54 Å². The van der Waals surface area contributed by atoms with E-state index in [1.54, 1.807) is 23.1 Å². The number of benzene rings is 2. The second kappa shape index (κ2) is 8.07. The number of carbonyl (C=O) groups excluding carboxylic acids is 2. The smallest absolute Gasteiger partial charge is 0.258 e. The van der Waals surface area contributed by atoms with E-state index in [0.717, 1.165) is 11.6 Å². The maximum atomic E-state index is 13.7. The summed E-state index contributed by atoms with van der Waals surface area (Å²) >= 11 is 11.9. The van der Waals surface area contributed by atoms with Gasteiger partial charge in [0.15, 0.2) is 0 Å². The summed E-state index contributed by atoms with van der Waals surface area (Å²) in [7, 11) is 0. The Hall–Kier alpha value is -2.15. The van der Waals surface area contributed by atoms with Crippen molar-refractivity contribution in [2.24, 2.45) is 5.92 Å². The highest BCUT2D eigenvalue weighted by Gasteiger charge is 2.36. The standard InChI is InChI=1S/C20H19Cl2FN2O3/c1-10(2)15(9-26)25-8-11-4-3-5-14(16(11)20(25)28)24-19(27)17-12(21)6-7-13(23)18(17)22/h3-7,10,15,26H,8-9H2,1-2H3,(H,24,27)/t15-/m0/s1. The first-order chi connectivity index (χ1) is 13.3. The first kappa shape index (κ1) is 20.6. The zero-order valence-electron chi connectivity index (χ0n) is 15.3. The minimum Gasteiger partial charge on any atom is -0.394 e. The number of carbonyl (C=O) groups is 2. The summed E-state index contributed by atoms with van der Waals surface area (Å²) in [5.74, 6) is -1.70. The predicted molar refractivity (Wildman–Crippen MR) is 106 cm³/mol. The Kier molecular flexibility index (Phi) is 5.93. The van der Waals surface area contributed by atoms with E-state index in [1.165, 1.54) is 6.07 Å². The summed E-state index contributed by atoms with van der Waals surface area (Å²) in [6.07, 6.45) is 0. The van der Waals surface area contributed by atoms with Gasteiger partial charge in [-0.15, -0.1) is 0 Å². The molecule has 2 aromatic carbocycles. The second-order valence-electron chi connectivity index (χ2n) is 6.94. The van der Waals surface area contributed by atoms with E-state index in [9.17, 15) is 19.1 Å². The molecule has 0 bridgehead atoms. The SMILES string of the molecule is CC(C)[C@H](CO)N1Cc2cccc(NC(=O)c3c(Cl)ccc(F)c3Cl)c2C1=O. The Morgan fingerprint density at radius 2 is 2.00 bits per heavy atom. The van der Waals surface area contributed by atoms with Gasteiger partial charge in [0.25, 0.3) is 11.8 Å². The van der Waals surface area contributed by atoms with Crippen molar-refractivity contribution in [1.82, 2.24) is 4.90 Å². The van der Waals surface area contributed by atoms with Crippen molar-refractivity contribution in [3.05, 3.63) is 62.9 Å². The fourth-order valence-electron chi connectivity index (χ4n) is 3.34. The topological polar surface area (TPSA) is 69.6 Å². The molecule has 3 rings (SSSR count). The lowest BCUT2D eigenvalue weighted by Gasteiger charge is -2.29. The summed E-state index contributed by atoms with van der Waals surface area (Å²) in [5, 5.41) is 11.9. The Morgan fingerprint density at radius 1 is 1.29 bits per heavy atom. The van der Waals surface area contributed by atoms with Crippen LogP contribution in [0.25, 0.3) is 0 Å². The van der Waals surface area contributed by atoms with Crippen LogP contribution in [0, 0.1) is 11.7 Å². The lowest BCUT2D eigenvalue weighted by molar-refractivity contribution is 0.0533. The minimum atomic E-state index is -0.764. The van der Waals surface area contributed by atoms with E-state index in [0.29, 0.717) is 12.1 Å². The molecule has 5 nitrogen and oxygen atoms in total. The molecule has 1 heterocycles. The molecule has 28 heavy (non-hydrogen) atoms. The minimum absolute atomic E-state index is 0.00424. The largest absolute Gasteiger partial charge is 0.394 e. The number of aliphatic hydroxyl groups is 1. The number of halogens is 3. The number of amides is 2. The molecule has 1 atom stereocenters. The fourth-order valence-corrected chi connectivity index (χ4v) is 3.89. The Bertz CT molecular complexity index is 949. The van der Waals surface area contributed by atoms with Crippen LogP contribution in [0.1, 0.15) is 40.1 Å². The maximum Gasteiger partial charge on any atom is 0.258 e. The Morgan fingerprint density at radius 3 is 2.64 bits per heavy atom. The average molecular weight is 425 g/mol. The molecule has 0 aromatic heterocycles. The predicted octanol–water partition coefficient (Wildman–Crippen LogP) is 4.36. The van der Waals surface area contributed by atoms with Crippen molar-refractivity contribution in [2.45, 2.75) is 26.4 Å². The highest BCUT2D eigenvalue weighted by atomic mass is 35.5. The van der Waals surface area contributed by atoms with E-state index in [-0.39, 0.29) is 45.8 Å². The van der Waals surface area contributed by atoms with Gasteiger partial charge >= 0.3 is 0 Å². The average Bonchev–Trinajstić information content (AvgIpc) is 2.96. The van der Waals surface area contributed by atoms with Crippen LogP contribution in [0.5, 0.6) is 0 Å². The van der Waals surface area contributed by atoms with E-state index in [2.05, 4.69) is 5.32 Å². The second-order valence-corrected chi connectivity index (χ2v) is 7.72. The van der Waals surface area contributed by atoms with Gasteiger partial charge in [-0.25, -0.2) is 4.39 Å². The van der Waals surface area contributed by atoms with E-state index in [1.807, 2.05) is 13.8 Å². The number of hydrogen-bond donors (Lipinski definition) is 2. The number of rotatable bonds is 5. The summed E-state index contributed by atoms with van der Waals surface area (Å²) < 4.78 is 13.7. The molecule has 0 spiro atoms. The van der Waals surface area contributed by atoms with Crippen molar-refractivity contribution < 1.29 is 19.1 Å². The number of fused-ring (bicyclic) bond motifs is 1. The third-order valence-corrected chi connectivity index (χ3v) is 5.53. The normalized spacial score (nSPS) is 14.4. The van der Waals surface area contributed by atoms with Crippen LogP contribution in [0.3, 0.4) is 0 Å². The van der Waals surface area contributed by atoms with Gasteiger partial charge in [-0.1, -0.05) is 49.2 Å². The molecule has 148 valence electrons. The van der Waals surface area contributed by atoms with Gasteiger partial charge in [-0.3, -0.25) is 9.59 Å².